The van der Waals surface area contributed by atoms with Crippen LogP contribution in [-0.4, -0.2) is 16.5 Å². The van der Waals surface area contributed by atoms with E-state index in [1.54, 1.807) is 0 Å². The molecule has 0 aliphatic rings. The van der Waals surface area contributed by atoms with Crippen LogP contribution in [0, 0.1) is 0 Å². The highest BCUT2D eigenvalue weighted by atomic mass is 17.1. The lowest BCUT2D eigenvalue weighted by Gasteiger charge is -2.14. The summed E-state index contributed by atoms with van der Waals surface area (Å²) in [6.45, 7) is 3.48. The molecule has 14 heavy (non-hydrogen) atoms. The van der Waals surface area contributed by atoms with Crippen LogP contribution in [0.2, 0.25) is 0 Å². The van der Waals surface area contributed by atoms with Gasteiger partial charge in [-0.05, 0) is 5.56 Å². The maximum atomic E-state index is 9.71. The largest absolute Gasteiger partial charge is 0.388 e. The van der Waals surface area contributed by atoms with Gasteiger partial charge >= 0.3 is 0 Å². The Morgan fingerprint density at radius 1 is 1.36 bits per heavy atom. The van der Waals surface area contributed by atoms with E-state index in [9.17, 15) is 5.11 Å². The third-order valence-corrected chi connectivity index (χ3v) is 2.04. The van der Waals surface area contributed by atoms with Gasteiger partial charge in [0, 0.05) is 6.42 Å². The van der Waals surface area contributed by atoms with E-state index in [4.69, 9.17) is 5.26 Å². The van der Waals surface area contributed by atoms with Crippen LogP contribution >= 0.6 is 0 Å². The molecule has 0 bridgehead atoms. The van der Waals surface area contributed by atoms with E-state index < -0.39 is 12.2 Å². The molecule has 0 aromatic heterocycles. The minimum atomic E-state index is -0.647. The average molecular weight is 194 g/mol. The van der Waals surface area contributed by atoms with Crippen LogP contribution in [-0.2, 0) is 4.89 Å². The summed E-state index contributed by atoms with van der Waals surface area (Å²) >= 11 is 0. The molecule has 0 saturated heterocycles. The second kappa shape index (κ2) is 5.54. The van der Waals surface area contributed by atoms with Crippen LogP contribution in [0.15, 0.2) is 43.0 Å². The van der Waals surface area contributed by atoms with Crippen LogP contribution in [0.4, 0.5) is 0 Å². The fraction of sp³-hybridized carbons (Fsp3) is 0.273. The lowest BCUT2D eigenvalue weighted by Crippen LogP contribution is -2.12. The molecule has 0 heterocycles. The van der Waals surface area contributed by atoms with Gasteiger partial charge in [0.15, 0.2) is 0 Å². The quantitative estimate of drug-likeness (QED) is 0.429. The minimum Gasteiger partial charge on any atom is -0.388 e. The van der Waals surface area contributed by atoms with Gasteiger partial charge in [-0.1, -0.05) is 36.4 Å². The maximum absolute atomic E-state index is 9.71. The summed E-state index contributed by atoms with van der Waals surface area (Å²) in [6, 6.07) is 9.22. The number of aliphatic hydroxyl groups is 1. The van der Waals surface area contributed by atoms with Crippen molar-refractivity contribution in [2.24, 2.45) is 0 Å². The first-order valence-corrected chi connectivity index (χ1v) is 4.43. The van der Waals surface area contributed by atoms with E-state index in [1.807, 2.05) is 30.3 Å². The highest BCUT2D eigenvalue weighted by Gasteiger charge is 2.13. The van der Waals surface area contributed by atoms with Gasteiger partial charge in [-0.25, -0.2) is 4.89 Å². The fourth-order valence-electron chi connectivity index (χ4n) is 1.21. The topological polar surface area (TPSA) is 49.7 Å². The maximum Gasteiger partial charge on any atom is 0.113 e. The Morgan fingerprint density at radius 2 is 2.00 bits per heavy atom. The van der Waals surface area contributed by atoms with Crippen LogP contribution in [0.25, 0.3) is 0 Å². The zero-order valence-corrected chi connectivity index (χ0v) is 7.84. The monoisotopic (exact) mass is 194 g/mol. The first-order chi connectivity index (χ1) is 6.77. The molecule has 0 fully saturated rings. The second-order valence-electron chi connectivity index (χ2n) is 3.04. The van der Waals surface area contributed by atoms with E-state index in [1.165, 1.54) is 6.08 Å². The summed E-state index contributed by atoms with van der Waals surface area (Å²) in [7, 11) is 0. The van der Waals surface area contributed by atoms with Crippen molar-refractivity contribution >= 4 is 0 Å². The molecule has 3 heteroatoms. The van der Waals surface area contributed by atoms with Crippen molar-refractivity contribution in [3.63, 3.8) is 0 Å². The highest BCUT2D eigenvalue weighted by Crippen LogP contribution is 2.19. The van der Waals surface area contributed by atoms with Gasteiger partial charge in [0.1, 0.15) is 6.10 Å². The molecule has 3 nitrogen and oxygen atoms in total. The normalized spacial score (nSPS) is 14.7. The zero-order valence-electron chi connectivity index (χ0n) is 7.84. The molecular weight excluding hydrogens is 180 g/mol. The fourth-order valence-corrected chi connectivity index (χ4v) is 1.21. The number of rotatable bonds is 5. The second-order valence-corrected chi connectivity index (χ2v) is 3.04. The Bertz CT molecular complexity index is 271. The Morgan fingerprint density at radius 3 is 2.50 bits per heavy atom. The Hall–Kier alpha value is -1.16. The Labute approximate surface area is 83.2 Å². The first kappa shape index (κ1) is 10.9. The van der Waals surface area contributed by atoms with Crippen LogP contribution in [0.5, 0.6) is 0 Å². The molecule has 0 radical (unpaired) electrons. The lowest BCUT2D eigenvalue weighted by molar-refractivity contribution is -0.270. The van der Waals surface area contributed by atoms with Crippen molar-refractivity contribution in [2.45, 2.75) is 18.6 Å². The zero-order chi connectivity index (χ0) is 10.4. The van der Waals surface area contributed by atoms with Crippen LogP contribution < -0.4 is 0 Å². The molecule has 0 aliphatic carbocycles. The van der Waals surface area contributed by atoms with E-state index in [-0.39, 0.29) is 0 Å². The van der Waals surface area contributed by atoms with E-state index >= 15 is 0 Å². The number of aliphatic hydroxyl groups excluding tert-OH is 1. The molecule has 0 unspecified atom stereocenters. The molecule has 1 aromatic carbocycles. The van der Waals surface area contributed by atoms with Gasteiger partial charge in [-0.2, -0.15) is 0 Å². The first-order valence-electron chi connectivity index (χ1n) is 4.43. The van der Waals surface area contributed by atoms with Gasteiger partial charge in [0.25, 0.3) is 0 Å². The molecule has 0 spiro atoms. The van der Waals surface area contributed by atoms with Gasteiger partial charge in [0.05, 0.1) is 6.10 Å². The number of hydrogen-bond donors (Lipinski definition) is 2. The molecule has 0 aliphatic heterocycles. The summed E-state index contributed by atoms with van der Waals surface area (Å²) in [5.74, 6) is 0. The predicted octanol–water partition coefficient (Wildman–Crippen LogP) is 2.15. The van der Waals surface area contributed by atoms with Crippen molar-refractivity contribution in [3.05, 3.63) is 48.6 Å². The summed E-state index contributed by atoms with van der Waals surface area (Å²) in [5.41, 5.74) is 0.802. The van der Waals surface area contributed by atoms with E-state index in [2.05, 4.69) is 11.5 Å². The molecule has 2 atom stereocenters. The van der Waals surface area contributed by atoms with E-state index in [0.29, 0.717) is 6.42 Å². The van der Waals surface area contributed by atoms with Gasteiger partial charge in [-0.3, -0.25) is 5.26 Å². The highest BCUT2D eigenvalue weighted by molar-refractivity contribution is 5.17. The van der Waals surface area contributed by atoms with Crippen molar-refractivity contribution in [2.75, 3.05) is 0 Å². The van der Waals surface area contributed by atoms with E-state index in [0.717, 1.165) is 5.56 Å². The minimum absolute atomic E-state index is 0.296. The summed E-state index contributed by atoms with van der Waals surface area (Å²) in [5, 5.41) is 18.2. The standard InChI is InChI=1S/C11H14O3/c1-2-10(14-13)8-11(12)9-6-4-3-5-7-9/h2-7,10-13H,1,8H2/t10-,11-/m0/s1. The SMILES string of the molecule is C=C[C@@H](C[C@H](O)c1ccccc1)OO. The van der Waals surface area contributed by atoms with Crippen LogP contribution in [0.3, 0.4) is 0 Å². The molecular formula is C11H14O3. The third-order valence-electron chi connectivity index (χ3n) is 2.04. The molecule has 1 aromatic rings. The van der Waals surface area contributed by atoms with Crippen molar-refractivity contribution < 1.29 is 15.3 Å². The van der Waals surface area contributed by atoms with Gasteiger partial charge in [-0.15, -0.1) is 6.58 Å². The smallest absolute Gasteiger partial charge is 0.113 e. The molecule has 1 rings (SSSR count). The summed E-state index contributed by atoms with van der Waals surface area (Å²) in [6.07, 6.45) is 0.562. The molecule has 76 valence electrons. The predicted molar refractivity (Wildman–Crippen MR) is 53.7 cm³/mol. The Balaban J connectivity index is 2.58. The van der Waals surface area contributed by atoms with Crippen LogP contribution in [0.1, 0.15) is 18.1 Å². The van der Waals surface area contributed by atoms with Crippen molar-refractivity contribution in [1.82, 2.24) is 0 Å². The number of benzene rings is 1. The van der Waals surface area contributed by atoms with Crippen molar-refractivity contribution in [3.8, 4) is 0 Å². The molecule has 0 amide bonds. The summed E-state index contributed by atoms with van der Waals surface area (Å²) in [4.78, 5) is 4.11. The lowest BCUT2D eigenvalue weighted by atomic mass is 10.0. The average Bonchev–Trinajstić information content (AvgIpc) is 2.26. The molecule has 0 saturated carbocycles. The number of hydrogen-bond acceptors (Lipinski definition) is 3. The Kier molecular flexibility index (Phi) is 4.32. The van der Waals surface area contributed by atoms with Gasteiger partial charge < -0.3 is 5.11 Å². The van der Waals surface area contributed by atoms with Gasteiger partial charge in [0.2, 0.25) is 0 Å². The molecule has 2 N–H and O–H groups in total. The summed E-state index contributed by atoms with van der Waals surface area (Å²) < 4.78 is 0. The van der Waals surface area contributed by atoms with Crippen molar-refractivity contribution in [1.29, 1.82) is 0 Å². The third kappa shape index (κ3) is 2.96.